The van der Waals surface area contributed by atoms with Gasteiger partial charge in [-0.15, -0.1) is 0 Å². The van der Waals surface area contributed by atoms with Crippen LogP contribution in [0.25, 0.3) is 0 Å². The highest BCUT2D eigenvalue weighted by atomic mass is 19.1. The van der Waals surface area contributed by atoms with Crippen LogP contribution in [0.5, 0.6) is 0 Å². The molecule has 0 unspecified atom stereocenters. The number of aromatic carboxylic acids is 1. The zero-order valence-electron chi connectivity index (χ0n) is 11.0. The van der Waals surface area contributed by atoms with Crippen LogP contribution in [0.1, 0.15) is 27.6 Å². The van der Waals surface area contributed by atoms with Crippen LogP contribution in [0.4, 0.5) is 20.2 Å². The predicted molar refractivity (Wildman–Crippen MR) is 73.0 cm³/mol. The highest BCUT2D eigenvalue weighted by Gasteiger charge is 2.16. The van der Waals surface area contributed by atoms with E-state index in [4.69, 9.17) is 5.11 Å². The molecule has 0 heterocycles. The number of nitrogens with one attached hydrogen (secondary N) is 1. The zero-order chi connectivity index (χ0) is 15.6. The molecule has 2 aromatic rings. The number of carbonyl (C=O) groups excluding carboxylic acids is 1. The molecule has 108 valence electrons. The van der Waals surface area contributed by atoms with Crippen molar-refractivity contribution in [2.24, 2.45) is 0 Å². The Morgan fingerprint density at radius 2 is 1.81 bits per heavy atom. The number of rotatable bonds is 4. The van der Waals surface area contributed by atoms with Crippen molar-refractivity contribution in [1.82, 2.24) is 0 Å². The Balaban J connectivity index is 2.50. The molecule has 0 aliphatic carbocycles. The molecule has 0 saturated heterocycles. The van der Waals surface area contributed by atoms with E-state index in [1.165, 1.54) is 31.2 Å². The van der Waals surface area contributed by atoms with Gasteiger partial charge in [-0.1, -0.05) is 6.07 Å². The van der Waals surface area contributed by atoms with Gasteiger partial charge in [0.25, 0.3) is 0 Å². The zero-order valence-corrected chi connectivity index (χ0v) is 11.0. The number of carboxylic acid groups (broad SMARTS) is 1. The van der Waals surface area contributed by atoms with E-state index in [0.29, 0.717) is 0 Å². The van der Waals surface area contributed by atoms with Gasteiger partial charge in [0.2, 0.25) is 0 Å². The van der Waals surface area contributed by atoms with Gasteiger partial charge in [0.15, 0.2) is 5.78 Å². The van der Waals surface area contributed by atoms with E-state index in [2.05, 4.69) is 5.32 Å². The van der Waals surface area contributed by atoms with E-state index in [9.17, 15) is 18.4 Å². The molecule has 0 radical (unpaired) electrons. The molecule has 0 spiro atoms. The van der Waals surface area contributed by atoms with E-state index < -0.39 is 17.6 Å². The van der Waals surface area contributed by atoms with Crippen molar-refractivity contribution in [3.63, 3.8) is 0 Å². The molecule has 21 heavy (non-hydrogen) atoms. The van der Waals surface area contributed by atoms with E-state index in [1.807, 2.05) is 0 Å². The Morgan fingerprint density at radius 3 is 2.43 bits per heavy atom. The molecule has 4 nitrogen and oxygen atoms in total. The van der Waals surface area contributed by atoms with E-state index >= 15 is 0 Å². The molecule has 0 saturated carbocycles. The van der Waals surface area contributed by atoms with Crippen molar-refractivity contribution < 1.29 is 23.5 Å². The average molecular weight is 291 g/mol. The van der Waals surface area contributed by atoms with Crippen LogP contribution >= 0.6 is 0 Å². The summed E-state index contributed by atoms with van der Waals surface area (Å²) in [6.45, 7) is 1.31. The lowest BCUT2D eigenvalue weighted by Crippen LogP contribution is -2.06. The SMILES string of the molecule is CC(=O)c1ccc(F)c(Nc2c(F)cccc2C(=O)O)c1. The third kappa shape index (κ3) is 3.05. The Morgan fingerprint density at radius 1 is 1.10 bits per heavy atom. The summed E-state index contributed by atoms with van der Waals surface area (Å²) in [4.78, 5) is 22.4. The second kappa shape index (κ2) is 5.70. The number of ketones is 1. The van der Waals surface area contributed by atoms with Crippen molar-refractivity contribution in [3.8, 4) is 0 Å². The van der Waals surface area contributed by atoms with Gasteiger partial charge in [-0.3, -0.25) is 4.79 Å². The van der Waals surface area contributed by atoms with Gasteiger partial charge in [0.05, 0.1) is 16.9 Å². The number of halogens is 2. The summed E-state index contributed by atoms with van der Waals surface area (Å²) < 4.78 is 27.5. The summed E-state index contributed by atoms with van der Waals surface area (Å²) >= 11 is 0. The fourth-order valence-corrected chi connectivity index (χ4v) is 1.80. The van der Waals surface area contributed by atoms with Gasteiger partial charge in [-0.05, 0) is 37.3 Å². The van der Waals surface area contributed by atoms with E-state index in [-0.39, 0.29) is 28.3 Å². The fraction of sp³-hybridized carbons (Fsp3) is 0.0667. The molecule has 2 rings (SSSR count). The Kier molecular flexibility index (Phi) is 3.98. The molecule has 0 amide bonds. The second-order valence-corrected chi connectivity index (χ2v) is 4.34. The van der Waals surface area contributed by atoms with E-state index in [0.717, 1.165) is 12.1 Å². The number of anilines is 2. The first-order valence-electron chi connectivity index (χ1n) is 5.99. The smallest absolute Gasteiger partial charge is 0.337 e. The topological polar surface area (TPSA) is 66.4 Å². The van der Waals surface area contributed by atoms with Crippen molar-refractivity contribution in [1.29, 1.82) is 0 Å². The first-order chi connectivity index (χ1) is 9.90. The van der Waals surface area contributed by atoms with Crippen LogP contribution in [-0.2, 0) is 0 Å². The van der Waals surface area contributed by atoms with Crippen molar-refractivity contribution in [2.45, 2.75) is 6.92 Å². The number of Topliss-reactive ketones (excluding diaryl/α,β-unsaturated/α-hetero) is 1. The first-order valence-corrected chi connectivity index (χ1v) is 5.99. The van der Waals surface area contributed by atoms with E-state index in [1.54, 1.807) is 0 Å². The minimum atomic E-state index is -1.35. The van der Waals surface area contributed by atoms with Gasteiger partial charge in [0.1, 0.15) is 11.6 Å². The molecular formula is C15H11F2NO3. The molecule has 0 atom stereocenters. The second-order valence-electron chi connectivity index (χ2n) is 4.34. The van der Waals surface area contributed by atoms with Crippen LogP contribution in [0, 0.1) is 11.6 Å². The molecule has 0 aliphatic heterocycles. The Bertz CT molecular complexity index is 729. The van der Waals surface area contributed by atoms with Crippen molar-refractivity contribution >= 4 is 23.1 Å². The maximum absolute atomic E-state index is 13.8. The maximum Gasteiger partial charge on any atom is 0.337 e. The highest BCUT2D eigenvalue weighted by molar-refractivity contribution is 5.97. The van der Waals surface area contributed by atoms with Gasteiger partial charge in [-0.25, -0.2) is 13.6 Å². The van der Waals surface area contributed by atoms with Gasteiger partial charge >= 0.3 is 5.97 Å². The number of benzene rings is 2. The lowest BCUT2D eigenvalue weighted by Gasteiger charge is -2.12. The monoisotopic (exact) mass is 291 g/mol. The number of para-hydroxylation sites is 1. The summed E-state index contributed by atoms with van der Waals surface area (Å²) in [7, 11) is 0. The standard InChI is InChI=1S/C15H11F2NO3/c1-8(19)9-5-6-11(16)13(7-9)18-14-10(15(20)21)3-2-4-12(14)17/h2-7,18H,1H3,(H,20,21). The minimum Gasteiger partial charge on any atom is -0.478 e. The molecule has 0 aromatic heterocycles. The third-order valence-electron chi connectivity index (χ3n) is 2.88. The van der Waals surface area contributed by atoms with Gasteiger partial charge in [-0.2, -0.15) is 0 Å². The van der Waals surface area contributed by atoms with Crippen LogP contribution in [0.2, 0.25) is 0 Å². The lowest BCUT2D eigenvalue weighted by atomic mass is 10.1. The van der Waals surface area contributed by atoms with Crippen LogP contribution in [-0.4, -0.2) is 16.9 Å². The number of hydrogen-bond donors (Lipinski definition) is 2. The van der Waals surface area contributed by atoms with Crippen molar-refractivity contribution in [3.05, 3.63) is 59.2 Å². The number of carboxylic acids is 1. The summed E-state index contributed by atoms with van der Waals surface area (Å²) in [6, 6.07) is 7.05. The normalized spacial score (nSPS) is 10.2. The third-order valence-corrected chi connectivity index (χ3v) is 2.88. The Hall–Kier alpha value is -2.76. The summed E-state index contributed by atoms with van der Waals surface area (Å²) in [6.07, 6.45) is 0. The summed E-state index contributed by atoms with van der Waals surface area (Å²) in [5, 5.41) is 11.4. The quantitative estimate of drug-likeness (QED) is 0.844. The first kappa shape index (κ1) is 14.6. The maximum atomic E-state index is 13.8. The summed E-state index contributed by atoms with van der Waals surface area (Å²) in [5.41, 5.74) is -0.630. The molecule has 2 N–H and O–H groups in total. The molecule has 0 bridgehead atoms. The van der Waals surface area contributed by atoms with Gasteiger partial charge < -0.3 is 10.4 Å². The van der Waals surface area contributed by atoms with Crippen LogP contribution < -0.4 is 5.32 Å². The number of hydrogen-bond acceptors (Lipinski definition) is 3. The summed E-state index contributed by atoms with van der Waals surface area (Å²) in [5.74, 6) is -3.19. The average Bonchev–Trinajstić information content (AvgIpc) is 2.42. The van der Waals surface area contributed by atoms with Gasteiger partial charge in [0, 0.05) is 5.56 Å². The lowest BCUT2D eigenvalue weighted by molar-refractivity contribution is 0.0697. The minimum absolute atomic E-state index is 0.171. The van der Waals surface area contributed by atoms with Crippen LogP contribution in [0.15, 0.2) is 36.4 Å². The number of carbonyl (C=O) groups is 2. The molecule has 6 heteroatoms. The fourth-order valence-electron chi connectivity index (χ4n) is 1.80. The predicted octanol–water partition coefficient (Wildman–Crippen LogP) is 3.61. The molecule has 2 aromatic carbocycles. The molecule has 0 fully saturated rings. The largest absolute Gasteiger partial charge is 0.478 e. The molecule has 0 aliphatic rings. The van der Waals surface area contributed by atoms with Crippen molar-refractivity contribution in [2.75, 3.05) is 5.32 Å². The Labute approximate surface area is 119 Å². The van der Waals surface area contributed by atoms with Crippen LogP contribution in [0.3, 0.4) is 0 Å². The highest BCUT2D eigenvalue weighted by Crippen LogP contribution is 2.27. The molecular weight excluding hydrogens is 280 g/mol.